The SMILES string of the molecule is COC1CCCOC12CCN(C(=O)c1ccc(-n3cnnc3)nc1)CC2. The highest BCUT2D eigenvalue weighted by atomic mass is 16.5. The summed E-state index contributed by atoms with van der Waals surface area (Å²) in [7, 11) is 1.75. The van der Waals surface area contributed by atoms with Gasteiger partial charge in [-0.1, -0.05) is 0 Å². The molecule has 138 valence electrons. The fraction of sp³-hybridized carbons (Fsp3) is 0.556. The summed E-state index contributed by atoms with van der Waals surface area (Å²) >= 11 is 0. The quantitative estimate of drug-likeness (QED) is 0.827. The summed E-state index contributed by atoms with van der Waals surface area (Å²) in [6.07, 6.45) is 8.56. The molecule has 2 aromatic rings. The van der Waals surface area contributed by atoms with E-state index >= 15 is 0 Å². The highest BCUT2D eigenvalue weighted by Crippen LogP contribution is 2.37. The molecule has 1 spiro atoms. The minimum Gasteiger partial charge on any atom is -0.378 e. The number of carbonyl (C=O) groups excluding carboxylic acids is 1. The van der Waals surface area contributed by atoms with Gasteiger partial charge in [0.2, 0.25) is 0 Å². The van der Waals surface area contributed by atoms with Crippen LogP contribution in [0.2, 0.25) is 0 Å². The van der Waals surface area contributed by atoms with Gasteiger partial charge in [-0.2, -0.15) is 0 Å². The van der Waals surface area contributed by atoms with E-state index in [9.17, 15) is 4.79 Å². The molecule has 4 heterocycles. The molecule has 2 aliphatic heterocycles. The average molecular weight is 357 g/mol. The van der Waals surface area contributed by atoms with Gasteiger partial charge in [0.1, 0.15) is 18.5 Å². The Kier molecular flexibility index (Phi) is 4.69. The van der Waals surface area contributed by atoms with Gasteiger partial charge in [-0.3, -0.25) is 9.36 Å². The summed E-state index contributed by atoms with van der Waals surface area (Å²) in [5, 5.41) is 7.52. The molecule has 26 heavy (non-hydrogen) atoms. The smallest absolute Gasteiger partial charge is 0.255 e. The number of amides is 1. The first-order valence-electron chi connectivity index (χ1n) is 8.99. The van der Waals surface area contributed by atoms with Gasteiger partial charge in [0.15, 0.2) is 0 Å². The van der Waals surface area contributed by atoms with Crippen LogP contribution in [0.25, 0.3) is 5.82 Å². The van der Waals surface area contributed by atoms with E-state index in [-0.39, 0.29) is 17.6 Å². The Morgan fingerprint density at radius 2 is 2.04 bits per heavy atom. The van der Waals surface area contributed by atoms with Gasteiger partial charge in [-0.15, -0.1) is 10.2 Å². The summed E-state index contributed by atoms with van der Waals surface area (Å²) in [4.78, 5) is 19.0. The number of nitrogens with zero attached hydrogens (tertiary/aromatic N) is 5. The van der Waals surface area contributed by atoms with E-state index in [2.05, 4.69) is 15.2 Å². The standard InChI is InChI=1S/C18H23N5O3/c1-25-15-3-2-10-26-18(15)6-8-22(9-7-18)17(24)14-4-5-16(19-11-14)23-12-20-21-13-23/h4-5,11-13,15H,2-3,6-10H2,1H3. The Balaban J connectivity index is 1.42. The van der Waals surface area contributed by atoms with E-state index in [1.807, 2.05) is 4.90 Å². The van der Waals surface area contributed by atoms with E-state index in [0.29, 0.717) is 24.5 Å². The first-order chi connectivity index (χ1) is 12.7. The van der Waals surface area contributed by atoms with Crippen molar-refractivity contribution in [3.63, 3.8) is 0 Å². The number of rotatable bonds is 3. The molecule has 0 N–H and O–H groups in total. The van der Waals surface area contributed by atoms with Crippen LogP contribution in [0.5, 0.6) is 0 Å². The van der Waals surface area contributed by atoms with Crippen molar-refractivity contribution in [2.24, 2.45) is 0 Å². The van der Waals surface area contributed by atoms with E-state index in [1.54, 1.807) is 42.7 Å². The average Bonchev–Trinajstić information content (AvgIpc) is 3.23. The molecule has 0 bridgehead atoms. The normalized spacial score (nSPS) is 22.5. The molecule has 1 unspecified atom stereocenters. The third-order valence-electron chi connectivity index (χ3n) is 5.45. The maximum Gasteiger partial charge on any atom is 0.255 e. The van der Waals surface area contributed by atoms with Crippen molar-refractivity contribution in [1.82, 2.24) is 24.6 Å². The van der Waals surface area contributed by atoms with Crippen LogP contribution in [0.1, 0.15) is 36.0 Å². The second-order valence-electron chi connectivity index (χ2n) is 6.85. The summed E-state index contributed by atoms with van der Waals surface area (Å²) in [6.45, 7) is 2.13. The molecule has 0 saturated carbocycles. The number of hydrogen-bond acceptors (Lipinski definition) is 6. The minimum atomic E-state index is -0.236. The number of piperidine rings is 1. The molecule has 2 fully saturated rings. The number of hydrogen-bond donors (Lipinski definition) is 0. The van der Waals surface area contributed by atoms with E-state index in [0.717, 1.165) is 32.3 Å². The summed E-state index contributed by atoms with van der Waals surface area (Å²) in [5.41, 5.74) is 0.353. The topological polar surface area (TPSA) is 82.4 Å². The molecule has 0 radical (unpaired) electrons. The van der Waals surface area contributed by atoms with Gasteiger partial charge in [-0.25, -0.2) is 4.98 Å². The van der Waals surface area contributed by atoms with Gasteiger partial charge >= 0.3 is 0 Å². The van der Waals surface area contributed by atoms with Crippen molar-refractivity contribution >= 4 is 5.91 Å². The van der Waals surface area contributed by atoms with Crippen molar-refractivity contribution < 1.29 is 14.3 Å². The molecule has 0 aliphatic carbocycles. The lowest BCUT2D eigenvalue weighted by Gasteiger charge is -2.48. The lowest BCUT2D eigenvalue weighted by Crippen LogP contribution is -2.56. The Morgan fingerprint density at radius 1 is 1.27 bits per heavy atom. The van der Waals surface area contributed by atoms with Gasteiger partial charge in [-0.05, 0) is 37.8 Å². The van der Waals surface area contributed by atoms with Crippen LogP contribution in [-0.4, -0.2) is 69.1 Å². The number of pyridine rings is 1. The van der Waals surface area contributed by atoms with Crippen molar-refractivity contribution in [2.75, 3.05) is 26.8 Å². The van der Waals surface area contributed by atoms with Crippen LogP contribution in [0, 0.1) is 0 Å². The van der Waals surface area contributed by atoms with Gasteiger partial charge in [0, 0.05) is 33.0 Å². The molecule has 1 atom stereocenters. The Morgan fingerprint density at radius 3 is 2.69 bits per heavy atom. The highest BCUT2D eigenvalue weighted by molar-refractivity contribution is 5.94. The summed E-state index contributed by atoms with van der Waals surface area (Å²) in [5.74, 6) is 0.690. The lowest BCUT2D eigenvalue weighted by molar-refractivity contribution is -0.183. The maximum atomic E-state index is 12.8. The second kappa shape index (κ2) is 7.13. The van der Waals surface area contributed by atoms with Crippen LogP contribution in [0.3, 0.4) is 0 Å². The Bertz CT molecular complexity index is 739. The molecule has 2 aromatic heterocycles. The Labute approximate surface area is 152 Å². The van der Waals surface area contributed by atoms with E-state index in [4.69, 9.17) is 9.47 Å². The lowest BCUT2D eigenvalue weighted by atomic mass is 9.81. The van der Waals surface area contributed by atoms with Crippen molar-refractivity contribution in [1.29, 1.82) is 0 Å². The van der Waals surface area contributed by atoms with E-state index < -0.39 is 0 Å². The van der Waals surface area contributed by atoms with Crippen LogP contribution in [-0.2, 0) is 9.47 Å². The third-order valence-corrected chi connectivity index (χ3v) is 5.45. The van der Waals surface area contributed by atoms with E-state index in [1.165, 1.54) is 0 Å². The highest BCUT2D eigenvalue weighted by Gasteiger charge is 2.45. The summed E-state index contributed by atoms with van der Waals surface area (Å²) in [6, 6.07) is 3.59. The summed E-state index contributed by atoms with van der Waals surface area (Å²) < 4.78 is 13.5. The maximum absolute atomic E-state index is 12.8. The zero-order chi connectivity index (χ0) is 18.0. The third kappa shape index (κ3) is 3.10. The van der Waals surface area contributed by atoms with Crippen LogP contribution in [0.4, 0.5) is 0 Å². The number of aromatic nitrogens is 4. The molecular weight excluding hydrogens is 334 g/mol. The molecule has 0 aromatic carbocycles. The van der Waals surface area contributed by atoms with Gasteiger partial charge < -0.3 is 14.4 Å². The fourth-order valence-corrected chi connectivity index (χ4v) is 3.95. The first-order valence-corrected chi connectivity index (χ1v) is 8.99. The molecule has 4 rings (SSSR count). The van der Waals surface area contributed by atoms with Crippen molar-refractivity contribution in [3.05, 3.63) is 36.5 Å². The van der Waals surface area contributed by atoms with Crippen LogP contribution >= 0.6 is 0 Å². The second-order valence-corrected chi connectivity index (χ2v) is 6.85. The number of likely N-dealkylation sites (tertiary alicyclic amines) is 1. The van der Waals surface area contributed by atoms with Crippen molar-refractivity contribution in [2.45, 2.75) is 37.4 Å². The largest absolute Gasteiger partial charge is 0.378 e. The monoisotopic (exact) mass is 357 g/mol. The van der Waals surface area contributed by atoms with Gasteiger partial charge in [0.25, 0.3) is 5.91 Å². The fourth-order valence-electron chi connectivity index (χ4n) is 3.95. The molecule has 1 amide bonds. The molecule has 2 saturated heterocycles. The van der Waals surface area contributed by atoms with Crippen LogP contribution < -0.4 is 0 Å². The predicted octanol–water partition coefficient (Wildman–Crippen LogP) is 1.46. The molecular formula is C18H23N5O3. The minimum absolute atomic E-state index is 0.00688. The zero-order valence-electron chi connectivity index (χ0n) is 14.9. The Hall–Kier alpha value is -2.32. The number of ether oxygens (including phenoxy) is 2. The molecule has 8 nitrogen and oxygen atoms in total. The van der Waals surface area contributed by atoms with Crippen LogP contribution in [0.15, 0.2) is 31.0 Å². The zero-order valence-corrected chi connectivity index (χ0v) is 14.9. The molecule has 2 aliphatic rings. The number of methoxy groups -OCH3 is 1. The van der Waals surface area contributed by atoms with Gasteiger partial charge in [0.05, 0.1) is 17.3 Å². The number of carbonyl (C=O) groups is 1. The first kappa shape index (κ1) is 17.1. The molecule has 8 heteroatoms. The van der Waals surface area contributed by atoms with Crippen molar-refractivity contribution in [3.8, 4) is 5.82 Å². The predicted molar refractivity (Wildman–Crippen MR) is 93.0 cm³/mol.